The molecule has 8 heteroatoms. The lowest BCUT2D eigenvalue weighted by Gasteiger charge is -2.36. The Morgan fingerprint density at radius 1 is 1.38 bits per heavy atom. The molecule has 0 saturated carbocycles. The fourth-order valence-electron chi connectivity index (χ4n) is 3.01. The smallest absolute Gasteiger partial charge is 0.308 e. The molecule has 24 heavy (non-hydrogen) atoms. The van der Waals surface area contributed by atoms with E-state index in [0.717, 1.165) is 0 Å². The number of piperidine rings is 1. The van der Waals surface area contributed by atoms with Gasteiger partial charge in [0.15, 0.2) is 5.82 Å². The van der Waals surface area contributed by atoms with Gasteiger partial charge in [-0.2, -0.15) is 9.78 Å². The average Bonchev–Trinajstić information content (AvgIpc) is 2.57. The van der Waals surface area contributed by atoms with Crippen LogP contribution >= 0.6 is 15.9 Å². The molecule has 2 unspecified atom stereocenters. The standard InChI is InChI=1S/C16H17BrN4O3/c1-10-6-11(16(23)24)9-20(8-10)12-7-19-21(15(22)14(12)17)13-4-2-3-5-18-13/h2-5,7,10-11H,6,8-9H2,1H3,(H,23,24). The third-order valence-electron chi connectivity index (χ3n) is 4.12. The van der Waals surface area contributed by atoms with Crippen molar-refractivity contribution in [1.29, 1.82) is 0 Å². The maximum atomic E-state index is 12.6. The van der Waals surface area contributed by atoms with Crippen molar-refractivity contribution in [3.63, 3.8) is 0 Å². The monoisotopic (exact) mass is 392 g/mol. The minimum atomic E-state index is -0.808. The van der Waals surface area contributed by atoms with E-state index >= 15 is 0 Å². The van der Waals surface area contributed by atoms with Crippen molar-refractivity contribution < 1.29 is 9.90 Å². The lowest BCUT2D eigenvalue weighted by molar-refractivity contribution is -0.142. The third-order valence-corrected chi connectivity index (χ3v) is 4.86. The molecule has 0 aromatic carbocycles. The van der Waals surface area contributed by atoms with Crippen LogP contribution in [0.15, 0.2) is 39.9 Å². The van der Waals surface area contributed by atoms with Gasteiger partial charge >= 0.3 is 5.97 Å². The zero-order valence-electron chi connectivity index (χ0n) is 13.1. The van der Waals surface area contributed by atoms with Crippen molar-refractivity contribution in [2.45, 2.75) is 13.3 Å². The molecule has 0 bridgehead atoms. The first kappa shape index (κ1) is 16.6. The third kappa shape index (κ3) is 3.19. The van der Waals surface area contributed by atoms with Crippen LogP contribution in [0.25, 0.3) is 5.82 Å². The van der Waals surface area contributed by atoms with Crippen molar-refractivity contribution in [1.82, 2.24) is 14.8 Å². The quantitative estimate of drug-likeness (QED) is 0.858. The highest BCUT2D eigenvalue weighted by molar-refractivity contribution is 9.10. The first-order valence-electron chi connectivity index (χ1n) is 7.64. The molecule has 1 fully saturated rings. The Morgan fingerprint density at radius 2 is 2.17 bits per heavy atom. The number of aliphatic carboxylic acids is 1. The molecule has 1 aliphatic rings. The molecule has 2 atom stereocenters. The zero-order chi connectivity index (χ0) is 17.3. The van der Waals surface area contributed by atoms with Gasteiger partial charge < -0.3 is 10.0 Å². The molecule has 126 valence electrons. The number of carbonyl (C=O) groups is 1. The van der Waals surface area contributed by atoms with Gasteiger partial charge in [-0.05, 0) is 40.4 Å². The molecular weight excluding hydrogens is 376 g/mol. The number of nitrogens with zero attached hydrogens (tertiary/aromatic N) is 4. The van der Waals surface area contributed by atoms with Crippen LogP contribution in [0.2, 0.25) is 0 Å². The first-order valence-corrected chi connectivity index (χ1v) is 8.43. The van der Waals surface area contributed by atoms with E-state index in [-0.39, 0.29) is 11.5 Å². The van der Waals surface area contributed by atoms with Crippen molar-refractivity contribution >= 4 is 27.6 Å². The molecule has 1 aliphatic heterocycles. The van der Waals surface area contributed by atoms with Crippen LogP contribution < -0.4 is 10.5 Å². The number of carboxylic acids is 1. The molecule has 3 rings (SSSR count). The summed E-state index contributed by atoms with van der Waals surface area (Å²) in [4.78, 5) is 30.0. The maximum absolute atomic E-state index is 12.6. The highest BCUT2D eigenvalue weighted by atomic mass is 79.9. The molecule has 1 N–H and O–H groups in total. The Morgan fingerprint density at radius 3 is 2.83 bits per heavy atom. The van der Waals surface area contributed by atoms with Gasteiger partial charge in [0.2, 0.25) is 0 Å². The second-order valence-corrected chi connectivity index (χ2v) is 6.82. The normalized spacial score (nSPS) is 20.8. The topological polar surface area (TPSA) is 88.3 Å². The predicted molar refractivity (Wildman–Crippen MR) is 92.4 cm³/mol. The fourth-order valence-corrected chi connectivity index (χ4v) is 3.54. The molecule has 0 radical (unpaired) electrons. The van der Waals surface area contributed by atoms with E-state index in [4.69, 9.17) is 0 Å². The molecule has 2 aromatic heterocycles. The number of carboxylic acid groups (broad SMARTS) is 1. The van der Waals surface area contributed by atoms with E-state index < -0.39 is 11.9 Å². The first-order chi connectivity index (χ1) is 11.5. The van der Waals surface area contributed by atoms with Crippen LogP contribution in [0.1, 0.15) is 13.3 Å². The predicted octanol–water partition coefficient (Wildman–Crippen LogP) is 1.94. The number of aromatic nitrogens is 3. The van der Waals surface area contributed by atoms with Gasteiger partial charge in [0.05, 0.1) is 17.8 Å². The summed E-state index contributed by atoms with van der Waals surface area (Å²) in [5.74, 6) is -0.591. The molecule has 0 spiro atoms. The van der Waals surface area contributed by atoms with E-state index in [1.54, 1.807) is 30.6 Å². The summed E-state index contributed by atoms with van der Waals surface area (Å²) in [5, 5.41) is 13.5. The fraction of sp³-hybridized carbons (Fsp3) is 0.375. The maximum Gasteiger partial charge on any atom is 0.308 e. The number of hydrogen-bond acceptors (Lipinski definition) is 5. The van der Waals surface area contributed by atoms with Crippen LogP contribution in [0.3, 0.4) is 0 Å². The Hall–Kier alpha value is -2.22. The van der Waals surface area contributed by atoms with Gasteiger partial charge in [0.1, 0.15) is 4.47 Å². The van der Waals surface area contributed by atoms with Crippen LogP contribution in [-0.2, 0) is 4.79 Å². The van der Waals surface area contributed by atoms with E-state index in [2.05, 4.69) is 26.0 Å². The number of rotatable bonds is 3. The van der Waals surface area contributed by atoms with Crippen LogP contribution in [-0.4, -0.2) is 38.9 Å². The van der Waals surface area contributed by atoms with E-state index in [9.17, 15) is 14.7 Å². The second kappa shape index (κ2) is 6.72. The molecule has 3 heterocycles. The zero-order valence-corrected chi connectivity index (χ0v) is 14.7. The van der Waals surface area contributed by atoms with E-state index in [0.29, 0.717) is 35.5 Å². The van der Waals surface area contributed by atoms with Gasteiger partial charge in [-0.15, -0.1) is 0 Å². The van der Waals surface area contributed by atoms with Crippen LogP contribution in [0, 0.1) is 11.8 Å². The molecule has 7 nitrogen and oxygen atoms in total. The van der Waals surface area contributed by atoms with Crippen molar-refractivity contribution in [3.8, 4) is 5.82 Å². The van der Waals surface area contributed by atoms with Gasteiger partial charge in [-0.1, -0.05) is 13.0 Å². The highest BCUT2D eigenvalue weighted by Gasteiger charge is 2.31. The summed E-state index contributed by atoms with van der Waals surface area (Å²) >= 11 is 3.35. The van der Waals surface area contributed by atoms with Gasteiger partial charge in [0, 0.05) is 19.3 Å². The summed E-state index contributed by atoms with van der Waals surface area (Å²) in [6.07, 6.45) is 3.81. The highest BCUT2D eigenvalue weighted by Crippen LogP contribution is 2.29. The van der Waals surface area contributed by atoms with Gasteiger partial charge in [0.25, 0.3) is 5.56 Å². The number of hydrogen-bond donors (Lipinski definition) is 1. The SMILES string of the molecule is CC1CC(C(=O)O)CN(c2cnn(-c3ccccn3)c(=O)c2Br)C1. The summed E-state index contributed by atoms with van der Waals surface area (Å²) in [7, 11) is 0. The second-order valence-electron chi connectivity index (χ2n) is 6.03. The Balaban J connectivity index is 1.97. The lowest BCUT2D eigenvalue weighted by atomic mass is 9.90. The number of halogens is 1. The summed E-state index contributed by atoms with van der Waals surface area (Å²) in [5.41, 5.74) is 0.293. The molecule has 0 aliphatic carbocycles. The number of pyridine rings is 1. The van der Waals surface area contributed by atoms with E-state index in [1.807, 2.05) is 11.8 Å². The largest absolute Gasteiger partial charge is 0.481 e. The Bertz CT molecular complexity index is 809. The molecule has 0 amide bonds. The number of anilines is 1. The lowest BCUT2D eigenvalue weighted by Crippen LogP contribution is -2.43. The van der Waals surface area contributed by atoms with E-state index in [1.165, 1.54) is 4.68 Å². The van der Waals surface area contributed by atoms with Crippen molar-refractivity contribution in [2.24, 2.45) is 11.8 Å². The van der Waals surface area contributed by atoms with Crippen LogP contribution in [0.5, 0.6) is 0 Å². The molecular formula is C16H17BrN4O3. The van der Waals surface area contributed by atoms with Gasteiger partial charge in [-0.25, -0.2) is 4.98 Å². The average molecular weight is 393 g/mol. The van der Waals surface area contributed by atoms with Crippen molar-refractivity contribution in [3.05, 3.63) is 45.4 Å². The van der Waals surface area contributed by atoms with Gasteiger partial charge in [-0.3, -0.25) is 9.59 Å². The van der Waals surface area contributed by atoms with Crippen molar-refractivity contribution in [2.75, 3.05) is 18.0 Å². The summed E-state index contributed by atoms with van der Waals surface area (Å²) in [6, 6.07) is 5.24. The minimum Gasteiger partial charge on any atom is -0.481 e. The minimum absolute atomic E-state index is 0.227. The summed E-state index contributed by atoms with van der Waals surface area (Å²) < 4.78 is 1.58. The van der Waals surface area contributed by atoms with Crippen LogP contribution in [0.4, 0.5) is 5.69 Å². The molecule has 2 aromatic rings. The Kier molecular flexibility index (Phi) is 4.66. The summed E-state index contributed by atoms with van der Waals surface area (Å²) in [6.45, 7) is 3.07. The Labute approximate surface area is 147 Å². The molecule has 1 saturated heterocycles.